The molecule has 1 rings (SSSR count). The van der Waals surface area contributed by atoms with Crippen molar-refractivity contribution in [2.45, 2.75) is 12.5 Å². The molecule has 1 aromatic heterocycles. The second-order valence-corrected chi connectivity index (χ2v) is 4.15. The SMILES string of the molecule is O=C(NCCNC(CCS)C(=O)O)c1cnccn1. The zero-order valence-electron chi connectivity index (χ0n) is 10.2. The van der Waals surface area contributed by atoms with Crippen LogP contribution in [0.3, 0.4) is 0 Å². The number of carbonyl (C=O) groups excluding carboxylic acids is 1. The Balaban J connectivity index is 2.27. The van der Waals surface area contributed by atoms with Crippen LogP contribution in [-0.2, 0) is 4.79 Å². The van der Waals surface area contributed by atoms with Crippen molar-refractivity contribution in [1.29, 1.82) is 0 Å². The number of thiol groups is 1. The van der Waals surface area contributed by atoms with Crippen molar-refractivity contribution in [3.05, 3.63) is 24.3 Å². The molecule has 0 aliphatic rings. The molecule has 0 aliphatic heterocycles. The number of carboxylic acid groups (broad SMARTS) is 1. The first-order valence-corrected chi connectivity index (χ1v) is 6.39. The molecule has 104 valence electrons. The van der Waals surface area contributed by atoms with E-state index in [9.17, 15) is 9.59 Å². The predicted molar refractivity (Wildman–Crippen MR) is 72.3 cm³/mol. The molecular weight excluding hydrogens is 268 g/mol. The van der Waals surface area contributed by atoms with Gasteiger partial charge in [-0.1, -0.05) is 0 Å². The van der Waals surface area contributed by atoms with Gasteiger partial charge in [-0.15, -0.1) is 0 Å². The van der Waals surface area contributed by atoms with Gasteiger partial charge >= 0.3 is 5.97 Å². The van der Waals surface area contributed by atoms with E-state index in [2.05, 4.69) is 33.2 Å². The largest absolute Gasteiger partial charge is 0.480 e. The summed E-state index contributed by atoms with van der Waals surface area (Å²) in [6.07, 6.45) is 4.70. The highest BCUT2D eigenvalue weighted by Gasteiger charge is 2.15. The van der Waals surface area contributed by atoms with E-state index >= 15 is 0 Å². The van der Waals surface area contributed by atoms with Gasteiger partial charge in [0.25, 0.3) is 5.91 Å². The Labute approximate surface area is 116 Å². The predicted octanol–water partition coefficient (Wildman–Crippen LogP) is -0.431. The summed E-state index contributed by atoms with van der Waals surface area (Å²) in [4.78, 5) is 30.1. The van der Waals surface area contributed by atoms with Gasteiger partial charge in [-0.25, -0.2) is 4.98 Å². The minimum atomic E-state index is -0.922. The lowest BCUT2D eigenvalue weighted by Crippen LogP contribution is -2.41. The molecule has 1 heterocycles. The van der Waals surface area contributed by atoms with E-state index in [-0.39, 0.29) is 11.6 Å². The molecule has 0 saturated carbocycles. The third-order valence-electron chi connectivity index (χ3n) is 2.31. The Morgan fingerprint density at radius 1 is 1.37 bits per heavy atom. The first kappa shape index (κ1) is 15.4. The van der Waals surface area contributed by atoms with Gasteiger partial charge in [0.2, 0.25) is 0 Å². The minimum absolute atomic E-state index is 0.229. The number of nitrogens with zero attached hydrogens (tertiary/aromatic N) is 2. The van der Waals surface area contributed by atoms with Crippen LogP contribution in [0.15, 0.2) is 18.6 Å². The van der Waals surface area contributed by atoms with E-state index in [0.29, 0.717) is 25.3 Å². The molecule has 7 nitrogen and oxygen atoms in total. The molecule has 0 aliphatic carbocycles. The summed E-state index contributed by atoms with van der Waals surface area (Å²) in [7, 11) is 0. The van der Waals surface area contributed by atoms with Gasteiger partial charge in [0.1, 0.15) is 11.7 Å². The van der Waals surface area contributed by atoms with Gasteiger partial charge in [-0.3, -0.25) is 14.6 Å². The first-order chi connectivity index (χ1) is 9.15. The Kier molecular flexibility index (Phi) is 6.83. The maximum atomic E-state index is 11.6. The lowest BCUT2D eigenvalue weighted by Gasteiger charge is -2.13. The molecule has 0 spiro atoms. The summed E-state index contributed by atoms with van der Waals surface area (Å²) < 4.78 is 0. The van der Waals surface area contributed by atoms with Crippen LogP contribution in [0.1, 0.15) is 16.9 Å². The molecule has 0 aromatic carbocycles. The molecule has 0 saturated heterocycles. The number of hydrogen-bond donors (Lipinski definition) is 4. The highest BCUT2D eigenvalue weighted by atomic mass is 32.1. The number of amides is 1. The summed E-state index contributed by atoms with van der Waals surface area (Å²) in [5, 5.41) is 14.3. The third kappa shape index (κ3) is 5.66. The Bertz CT molecular complexity index is 416. The van der Waals surface area contributed by atoms with Crippen LogP contribution in [-0.4, -0.2) is 51.8 Å². The second-order valence-electron chi connectivity index (χ2n) is 3.70. The van der Waals surface area contributed by atoms with Crippen LogP contribution in [0.2, 0.25) is 0 Å². The number of carbonyl (C=O) groups is 2. The smallest absolute Gasteiger partial charge is 0.320 e. The lowest BCUT2D eigenvalue weighted by molar-refractivity contribution is -0.139. The quantitative estimate of drug-likeness (QED) is 0.381. The summed E-state index contributed by atoms with van der Waals surface area (Å²) in [6, 6.07) is -0.647. The second kappa shape index (κ2) is 8.44. The van der Waals surface area contributed by atoms with E-state index in [1.165, 1.54) is 18.6 Å². The van der Waals surface area contributed by atoms with E-state index in [1.54, 1.807) is 0 Å². The average Bonchev–Trinajstić information content (AvgIpc) is 2.42. The Morgan fingerprint density at radius 3 is 2.74 bits per heavy atom. The van der Waals surface area contributed by atoms with E-state index in [4.69, 9.17) is 5.11 Å². The monoisotopic (exact) mass is 284 g/mol. The standard InChI is InChI=1S/C11H16N4O3S/c16-10(9-7-12-2-3-14-9)15-5-4-13-8(1-6-19)11(17)18/h2-3,7-8,13,19H,1,4-6H2,(H,15,16)(H,17,18). The number of aliphatic carboxylic acids is 1. The molecule has 0 radical (unpaired) electrons. The first-order valence-electron chi connectivity index (χ1n) is 5.76. The number of hydrogen-bond acceptors (Lipinski definition) is 6. The summed E-state index contributed by atoms with van der Waals surface area (Å²) >= 11 is 3.99. The number of carboxylic acids is 1. The Morgan fingerprint density at radius 2 is 2.16 bits per heavy atom. The van der Waals surface area contributed by atoms with Crippen molar-refractivity contribution in [2.75, 3.05) is 18.8 Å². The van der Waals surface area contributed by atoms with Gasteiger partial charge < -0.3 is 15.7 Å². The van der Waals surface area contributed by atoms with Gasteiger partial charge in [-0.2, -0.15) is 12.6 Å². The fourth-order valence-corrected chi connectivity index (χ4v) is 1.63. The van der Waals surface area contributed by atoms with Crippen molar-refractivity contribution in [2.24, 2.45) is 0 Å². The van der Waals surface area contributed by atoms with Crippen molar-refractivity contribution < 1.29 is 14.7 Å². The van der Waals surface area contributed by atoms with E-state index in [0.717, 1.165) is 0 Å². The molecule has 19 heavy (non-hydrogen) atoms. The summed E-state index contributed by atoms with van der Waals surface area (Å²) in [6.45, 7) is 0.669. The minimum Gasteiger partial charge on any atom is -0.480 e. The molecular formula is C11H16N4O3S. The van der Waals surface area contributed by atoms with E-state index < -0.39 is 12.0 Å². The molecule has 8 heteroatoms. The number of nitrogens with one attached hydrogen (secondary N) is 2. The summed E-state index contributed by atoms with van der Waals surface area (Å²) in [5.74, 6) is -0.777. The molecule has 1 atom stereocenters. The maximum absolute atomic E-state index is 11.6. The fraction of sp³-hybridized carbons (Fsp3) is 0.455. The molecule has 1 amide bonds. The van der Waals surface area contributed by atoms with Crippen LogP contribution >= 0.6 is 12.6 Å². The third-order valence-corrected chi connectivity index (χ3v) is 2.57. The number of aromatic nitrogens is 2. The zero-order valence-corrected chi connectivity index (χ0v) is 11.1. The van der Waals surface area contributed by atoms with Crippen molar-refractivity contribution in [3.8, 4) is 0 Å². The highest BCUT2D eigenvalue weighted by Crippen LogP contribution is 1.94. The van der Waals surface area contributed by atoms with Crippen molar-refractivity contribution in [1.82, 2.24) is 20.6 Å². The van der Waals surface area contributed by atoms with Gasteiger partial charge in [0.15, 0.2) is 0 Å². The van der Waals surface area contributed by atoms with Gasteiger partial charge in [0, 0.05) is 25.5 Å². The van der Waals surface area contributed by atoms with Crippen molar-refractivity contribution in [3.63, 3.8) is 0 Å². The maximum Gasteiger partial charge on any atom is 0.320 e. The normalized spacial score (nSPS) is 11.8. The average molecular weight is 284 g/mol. The van der Waals surface area contributed by atoms with Gasteiger partial charge in [0.05, 0.1) is 6.20 Å². The van der Waals surface area contributed by atoms with Crippen LogP contribution in [0.25, 0.3) is 0 Å². The molecule has 1 aromatic rings. The lowest BCUT2D eigenvalue weighted by atomic mass is 10.2. The highest BCUT2D eigenvalue weighted by molar-refractivity contribution is 7.80. The topological polar surface area (TPSA) is 104 Å². The van der Waals surface area contributed by atoms with E-state index in [1.807, 2.05) is 0 Å². The van der Waals surface area contributed by atoms with Crippen LogP contribution in [0, 0.1) is 0 Å². The van der Waals surface area contributed by atoms with Crippen LogP contribution in [0.5, 0.6) is 0 Å². The zero-order chi connectivity index (χ0) is 14.1. The summed E-state index contributed by atoms with van der Waals surface area (Å²) in [5.41, 5.74) is 0.229. The van der Waals surface area contributed by atoms with Crippen LogP contribution in [0.4, 0.5) is 0 Å². The molecule has 1 unspecified atom stereocenters. The van der Waals surface area contributed by atoms with Crippen molar-refractivity contribution >= 4 is 24.5 Å². The number of rotatable bonds is 8. The van der Waals surface area contributed by atoms with Crippen LogP contribution < -0.4 is 10.6 Å². The van der Waals surface area contributed by atoms with Gasteiger partial charge in [-0.05, 0) is 12.2 Å². The molecule has 0 fully saturated rings. The fourth-order valence-electron chi connectivity index (χ4n) is 1.37. The molecule has 3 N–H and O–H groups in total. The Hall–Kier alpha value is -1.67. The molecule has 0 bridgehead atoms.